The smallest absolute Gasteiger partial charge is 0.252 e. The van der Waals surface area contributed by atoms with Gasteiger partial charge in [-0.1, -0.05) is 0 Å². The van der Waals surface area contributed by atoms with Crippen molar-refractivity contribution in [3.8, 4) is 0 Å². The van der Waals surface area contributed by atoms with E-state index in [1.54, 1.807) is 5.38 Å². The van der Waals surface area contributed by atoms with Crippen LogP contribution in [0.1, 0.15) is 55.8 Å². The largest absolute Gasteiger partial charge is 0.349 e. The monoisotopic (exact) mass is 368 g/mol. The Morgan fingerprint density at radius 2 is 1.79 bits per heavy atom. The molecule has 0 saturated heterocycles. The van der Waals surface area contributed by atoms with Gasteiger partial charge in [-0.3, -0.25) is 4.79 Å². The fourth-order valence-corrected chi connectivity index (χ4v) is 7.31. The molecule has 1 aromatic heterocycles. The topological polar surface area (TPSA) is 89.3 Å². The molecule has 1 atom stereocenters. The van der Waals surface area contributed by atoms with E-state index in [4.69, 9.17) is 5.14 Å². The number of nitrogens with two attached hydrogens (primary N) is 1. The zero-order chi connectivity index (χ0) is 17.1. The summed E-state index contributed by atoms with van der Waals surface area (Å²) in [6.45, 7) is 2.12. The van der Waals surface area contributed by atoms with Gasteiger partial charge < -0.3 is 5.32 Å². The second kappa shape index (κ2) is 5.54. The Bertz CT molecular complexity index is 733. The van der Waals surface area contributed by atoms with E-state index in [1.165, 1.54) is 44.6 Å². The first-order valence-electron chi connectivity index (χ1n) is 8.67. The van der Waals surface area contributed by atoms with Crippen molar-refractivity contribution in [2.75, 3.05) is 0 Å². The SMILES string of the molecule is C[C@@H](NC(=O)c1csc(S(N)(=O)=O)c1)C12CC3CC(CC(C3)C1)C2. The lowest BCUT2D eigenvalue weighted by molar-refractivity contribution is -0.0688. The van der Waals surface area contributed by atoms with Crippen molar-refractivity contribution < 1.29 is 13.2 Å². The number of primary sulfonamides is 1. The predicted molar refractivity (Wildman–Crippen MR) is 93.2 cm³/mol. The Kier molecular flexibility index (Phi) is 3.82. The number of amides is 1. The molecule has 1 aromatic rings. The molecule has 4 aliphatic rings. The number of carbonyl (C=O) groups excluding carboxylic acids is 1. The maximum Gasteiger partial charge on any atom is 0.252 e. The maximum atomic E-state index is 12.5. The van der Waals surface area contributed by atoms with E-state index in [0.29, 0.717) is 5.56 Å². The number of thiophene rings is 1. The van der Waals surface area contributed by atoms with Crippen molar-refractivity contribution in [2.45, 2.75) is 55.7 Å². The third-order valence-electron chi connectivity index (χ3n) is 6.47. The highest BCUT2D eigenvalue weighted by Crippen LogP contribution is 2.61. The van der Waals surface area contributed by atoms with Crippen molar-refractivity contribution in [2.24, 2.45) is 28.3 Å². The molecule has 5 rings (SSSR count). The van der Waals surface area contributed by atoms with Crippen LogP contribution in [0.25, 0.3) is 0 Å². The summed E-state index contributed by atoms with van der Waals surface area (Å²) in [4.78, 5) is 12.5. The molecule has 4 aliphatic carbocycles. The van der Waals surface area contributed by atoms with Gasteiger partial charge in [-0.15, -0.1) is 11.3 Å². The van der Waals surface area contributed by atoms with Crippen LogP contribution in [0.15, 0.2) is 15.7 Å². The number of carbonyl (C=O) groups is 1. The maximum absolute atomic E-state index is 12.5. The van der Waals surface area contributed by atoms with Gasteiger partial charge in [0.1, 0.15) is 4.21 Å². The van der Waals surface area contributed by atoms with E-state index in [9.17, 15) is 13.2 Å². The van der Waals surface area contributed by atoms with Crippen LogP contribution in [0.4, 0.5) is 0 Å². The van der Waals surface area contributed by atoms with Crippen LogP contribution in [0.2, 0.25) is 0 Å². The lowest BCUT2D eigenvalue weighted by Gasteiger charge is -2.59. The first-order valence-corrected chi connectivity index (χ1v) is 11.1. The van der Waals surface area contributed by atoms with E-state index < -0.39 is 10.0 Å². The third-order valence-corrected chi connectivity index (χ3v) is 8.86. The van der Waals surface area contributed by atoms with E-state index in [2.05, 4.69) is 12.2 Å². The summed E-state index contributed by atoms with van der Waals surface area (Å²) in [6.07, 6.45) is 7.82. The molecule has 1 amide bonds. The normalized spacial score (nSPS) is 35.8. The minimum atomic E-state index is -3.74. The highest BCUT2D eigenvalue weighted by molar-refractivity contribution is 7.91. The predicted octanol–water partition coefficient (Wildman–Crippen LogP) is 2.73. The Balaban J connectivity index is 1.49. The highest BCUT2D eigenvalue weighted by Gasteiger charge is 2.53. The molecule has 0 unspecified atom stereocenters. The van der Waals surface area contributed by atoms with E-state index in [1.807, 2.05) is 0 Å². The van der Waals surface area contributed by atoms with Gasteiger partial charge >= 0.3 is 0 Å². The molecule has 24 heavy (non-hydrogen) atoms. The number of rotatable bonds is 4. The zero-order valence-corrected chi connectivity index (χ0v) is 15.5. The Morgan fingerprint density at radius 1 is 1.25 bits per heavy atom. The van der Waals surface area contributed by atoms with Crippen molar-refractivity contribution in [3.05, 3.63) is 17.0 Å². The van der Waals surface area contributed by atoms with E-state index in [0.717, 1.165) is 29.1 Å². The minimum absolute atomic E-state index is 0.0371. The van der Waals surface area contributed by atoms with Crippen LogP contribution in [-0.2, 0) is 10.0 Å². The summed E-state index contributed by atoms with van der Waals surface area (Å²) in [5.74, 6) is 2.33. The Morgan fingerprint density at radius 3 is 2.25 bits per heavy atom. The molecular formula is C17H24N2O3S2. The van der Waals surface area contributed by atoms with E-state index >= 15 is 0 Å². The average molecular weight is 369 g/mol. The Labute approximate surface area is 147 Å². The lowest BCUT2D eigenvalue weighted by atomic mass is 9.48. The van der Waals surface area contributed by atoms with Gasteiger partial charge in [-0.2, -0.15) is 0 Å². The van der Waals surface area contributed by atoms with Gasteiger partial charge in [0.2, 0.25) is 10.0 Å². The molecule has 3 N–H and O–H groups in total. The van der Waals surface area contributed by atoms with Gasteiger partial charge in [0.15, 0.2) is 0 Å². The average Bonchev–Trinajstić information content (AvgIpc) is 2.95. The summed E-state index contributed by atoms with van der Waals surface area (Å²) in [5.41, 5.74) is 0.629. The molecule has 4 saturated carbocycles. The molecular weight excluding hydrogens is 344 g/mol. The van der Waals surface area contributed by atoms with Crippen molar-refractivity contribution in [1.82, 2.24) is 5.32 Å². The lowest BCUT2D eigenvalue weighted by Crippen LogP contribution is -2.55. The molecule has 0 aliphatic heterocycles. The Hall–Kier alpha value is -0.920. The van der Waals surface area contributed by atoms with Gasteiger partial charge in [0.05, 0.1) is 5.56 Å². The van der Waals surface area contributed by atoms with Gasteiger partial charge in [0, 0.05) is 11.4 Å². The second-order valence-electron chi connectivity index (χ2n) is 8.17. The summed E-state index contributed by atoms with van der Waals surface area (Å²) < 4.78 is 22.8. The quantitative estimate of drug-likeness (QED) is 0.856. The fraction of sp³-hybridized carbons (Fsp3) is 0.706. The summed E-state index contributed by atoms with van der Waals surface area (Å²) in [5, 5.41) is 9.85. The summed E-state index contributed by atoms with van der Waals surface area (Å²) in [6, 6.07) is 1.50. The molecule has 0 aromatic carbocycles. The van der Waals surface area contributed by atoms with Crippen LogP contribution >= 0.6 is 11.3 Å². The van der Waals surface area contributed by atoms with Crippen LogP contribution in [0.3, 0.4) is 0 Å². The summed E-state index contributed by atoms with van der Waals surface area (Å²) in [7, 11) is -3.74. The minimum Gasteiger partial charge on any atom is -0.349 e. The van der Waals surface area contributed by atoms with Crippen LogP contribution in [0, 0.1) is 23.2 Å². The summed E-state index contributed by atoms with van der Waals surface area (Å²) >= 11 is 0.998. The third kappa shape index (κ3) is 2.80. The number of hydrogen-bond donors (Lipinski definition) is 2. The molecule has 1 heterocycles. The van der Waals surface area contributed by atoms with Crippen LogP contribution in [-0.4, -0.2) is 20.4 Å². The molecule has 4 fully saturated rings. The van der Waals surface area contributed by atoms with Gasteiger partial charge in [-0.05, 0) is 74.7 Å². The molecule has 4 bridgehead atoms. The number of sulfonamides is 1. The van der Waals surface area contributed by atoms with Crippen LogP contribution in [0.5, 0.6) is 0 Å². The fourth-order valence-electron chi connectivity index (χ4n) is 5.73. The van der Waals surface area contributed by atoms with Gasteiger partial charge in [0.25, 0.3) is 5.91 Å². The first kappa shape index (κ1) is 16.5. The van der Waals surface area contributed by atoms with Crippen molar-refractivity contribution in [1.29, 1.82) is 0 Å². The number of nitrogens with one attached hydrogen (secondary N) is 1. The molecule has 0 spiro atoms. The van der Waals surface area contributed by atoms with Crippen molar-refractivity contribution >= 4 is 27.3 Å². The zero-order valence-electron chi connectivity index (χ0n) is 13.8. The molecule has 0 radical (unpaired) electrons. The van der Waals surface area contributed by atoms with Gasteiger partial charge in [-0.25, -0.2) is 13.6 Å². The van der Waals surface area contributed by atoms with Crippen molar-refractivity contribution in [3.63, 3.8) is 0 Å². The standard InChI is InChI=1S/C17H24N2O3S2/c1-10(17-6-11-2-12(7-17)4-13(3-11)8-17)19-16(20)14-5-15(23-9-14)24(18,21)22/h5,9-13H,2-4,6-8H2,1H3,(H,19,20)(H2,18,21,22)/t10-,11?,12?,13?,17?/m1/s1. The molecule has 5 nitrogen and oxygen atoms in total. The second-order valence-corrected chi connectivity index (χ2v) is 10.9. The molecule has 132 valence electrons. The highest BCUT2D eigenvalue weighted by atomic mass is 32.2. The molecule has 7 heteroatoms. The first-order chi connectivity index (χ1) is 11.2. The number of hydrogen-bond acceptors (Lipinski definition) is 4. The van der Waals surface area contributed by atoms with Crippen LogP contribution < -0.4 is 10.5 Å². The van der Waals surface area contributed by atoms with E-state index in [-0.39, 0.29) is 21.6 Å².